The van der Waals surface area contributed by atoms with Crippen LogP contribution in [0.3, 0.4) is 0 Å². The molecule has 1 aromatic carbocycles. The average molecular weight is 254 g/mol. The number of para-hydroxylation sites is 1. The van der Waals surface area contributed by atoms with Crippen LogP contribution in [-0.4, -0.2) is 33.7 Å². The van der Waals surface area contributed by atoms with Gasteiger partial charge in [-0.05, 0) is 19.1 Å². The molecule has 6 heteroatoms. The number of carbonyl (C=O) groups excluding carboxylic acids is 1. The number of amides is 1. The quantitative estimate of drug-likeness (QED) is 0.807. The van der Waals surface area contributed by atoms with Gasteiger partial charge in [0.25, 0.3) is 0 Å². The molecular weight excluding hydrogens is 240 g/mol. The van der Waals surface area contributed by atoms with Gasteiger partial charge in [-0.1, -0.05) is 6.07 Å². The third kappa shape index (κ3) is 1.88. The number of fused-ring (bicyclic) bond motifs is 1. The molecule has 1 aliphatic heterocycles. The van der Waals surface area contributed by atoms with Crippen molar-refractivity contribution in [3.63, 3.8) is 0 Å². The maximum absolute atomic E-state index is 11.7. The van der Waals surface area contributed by atoms with Crippen LogP contribution < -0.4 is 10.2 Å². The number of benzene rings is 1. The van der Waals surface area contributed by atoms with Crippen LogP contribution in [0.25, 0.3) is 0 Å². The number of likely N-dealkylation sites (N-methyl/N-ethyl adjacent to an activating group) is 1. The molecule has 0 aromatic heterocycles. The highest BCUT2D eigenvalue weighted by Crippen LogP contribution is 2.35. The normalized spacial score (nSPS) is 19.8. The lowest BCUT2D eigenvalue weighted by Gasteiger charge is -2.33. The third-order valence-corrected chi connectivity index (χ3v) is 4.13. The van der Waals surface area contributed by atoms with E-state index in [-0.39, 0.29) is 16.8 Å². The van der Waals surface area contributed by atoms with Crippen molar-refractivity contribution in [2.24, 2.45) is 0 Å². The Morgan fingerprint density at radius 2 is 2.00 bits per heavy atom. The van der Waals surface area contributed by atoms with Crippen LogP contribution in [0.1, 0.15) is 6.92 Å². The van der Waals surface area contributed by atoms with Crippen LogP contribution in [0.2, 0.25) is 0 Å². The van der Waals surface area contributed by atoms with Gasteiger partial charge < -0.3 is 10.2 Å². The molecular formula is C11H14N2O3S. The van der Waals surface area contributed by atoms with Crippen molar-refractivity contribution in [2.75, 3.05) is 23.5 Å². The zero-order valence-corrected chi connectivity index (χ0v) is 10.7. The SMILES string of the molecule is CC1C(=O)Nc2c(cccc2S(C)(=O)=O)N1C. The molecule has 1 unspecified atom stereocenters. The van der Waals surface area contributed by atoms with E-state index in [0.29, 0.717) is 5.69 Å². The van der Waals surface area contributed by atoms with Gasteiger partial charge in [0.15, 0.2) is 9.84 Å². The Hall–Kier alpha value is -1.56. The standard InChI is InChI=1S/C11H14N2O3S/c1-7-11(14)12-10-8(13(7)2)5-4-6-9(10)17(3,15)16/h4-7H,1-3H3,(H,12,14). The Balaban J connectivity index is 2.68. The summed E-state index contributed by atoms with van der Waals surface area (Å²) in [7, 11) is -1.58. The van der Waals surface area contributed by atoms with E-state index < -0.39 is 9.84 Å². The van der Waals surface area contributed by atoms with Gasteiger partial charge in [0.05, 0.1) is 16.3 Å². The van der Waals surface area contributed by atoms with Gasteiger partial charge in [-0.15, -0.1) is 0 Å². The van der Waals surface area contributed by atoms with E-state index in [1.807, 2.05) is 0 Å². The van der Waals surface area contributed by atoms with Gasteiger partial charge in [0.1, 0.15) is 6.04 Å². The Labute approximate surface area is 100 Å². The minimum absolute atomic E-state index is 0.155. The van der Waals surface area contributed by atoms with E-state index in [1.54, 1.807) is 31.0 Å². The van der Waals surface area contributed by atoms with Crippen LogP contribution >= 0.6 is 0 Å². The van der Waals surface area contributed by atoms with Gasteiger partial charge in [-0.25, -0.2) is 8.42 Å². The summed E-state index contributed by atoms with van der Waals surface area (Å²) in [5, 5.41) is 2.66. The van der Waals surface area contributed by atoms with E-state index in [9.17, 15) is 13.2 Å². The zero-order valence-electron chi connectivity index (χ0n) is 9.89. The molecule has 1 aliphatic rings. The molecule has 1 N–H and O–H groups in total. The monoisotopic (exact) mass is 254 g/mol. The molecule has 0 spiro atoms. The molecule has 0 bridgehead atoms. The predicted octanol–water partition coefficient (Wildman–Crippen LogP) is 0.867. The summed E-state index contributed by atoms with van der Waals surface area (Å²) in [6.45, 7) is 1.77. The fraction of sp³-hybridized carbons (Fsp3) is 0.364. The number of carbonyl (C=O) groups is 1. The molecule has 1 atom stereocenters. The molecule has 92 valence electrons. The number of hydrogen-bond donors (Lipinski definition) is 1. The van der Waals surface area contributed by atoms with Gasteiger partial charge in [-0.3, -0.25) is 4.79 Å². The van der Waals surface area contributed by atoms with Crippen molar-refractivity contribution in [1.29, 1.82) is 0 Å². The molecule has 17 heavy (non-hydrogen) atoms. The van der Waals surface area contributed by atoms with Crippen molar-refractivity contribution in [3.8, 4) is 0 Å². The number of sulfone groups is 1. The Morgan fingerprint density at radius 3 is 2.59 bits per heavy atom. The van der Waals surface area contributed by atoms with Gasteiger partial charge in [0, 0.05) is 13.3 Å². The lowest BCUT2D eigenvalue weighted by molar-refractivity contribution is -0.117. The summed E-state index contributed by atoms with van der Waals surface area (Å²) in [6.07, 6.45) is 1.13. The maximum atomic E-state index is 11.7. The molecule has 0 fully saturated rings. The molecule has 0 saturated carbocycles. The summed E-state index contributed by atoms with van der Waals surface area (Å²) in [4.78, 5) is 13.6. The Bertz CT molecular complexity index is 580. The van der Waals surface area contributed by atoms with E-state index in [1.165, 1.54) is 6.07 Å². The molecule has 1 aromatic rings. The van der Waals surface area contributed by atoms with E-state index in [0.717, 1.165) is 11.9 Å². The highest BCUT2D eigenvalue weighted by molar-refractivity contribution is 7.90. The minimum Gasteiger partial charge on any atom is -0.361 e. The van der Waals surface area contributed by atoms with Gasteiger partial charge in [0.2, 0.25) is 5.91 Å². The molecule has 1 heterocycles. The third-order valence-electron chi connectivity index (χ3n) is 2.99. The minimum atomic E-state index is -3.35. The van der Waals surface area contributed by atoms with E-state index >= 15 is 0 Å². The Kier molecular flexibility index (Phi) is 2.61. The summed E-state index contributed by atoms with van der Waals surface area (Å²) >= 11 is 0. The summed E-state index contributed by atoms with van der Waals surface area (Å²) < 4.78 is 23.3. The Morgan fingerprint density at radius 1 is 1.35 bits per heavy atom. The number of anilines is 2. The molecule has 0 aliphatic carbocycles. The fourth-order valence-electron chi connectivity index (χ4n) is 1.86. The lowest BCUT2D eigenvalue weighted by atomic mass is 10.1. The van der Waals surface area contributed by atoms with Crippen molar-refractivity contribution >= 4 is 27.1 Å². The number of hydrogen-bond acceptors (Lipinski definition) is 4. The highest BCUT2D eigenvalue weighted by Gasteiger charge is 2.30. The predicted molar refractivity (Wildman–Crippen MR) is 66.0 cm³/mol. The van der Waals surface area contributed by atoms with Crippen molar-refractivity contribution in [3.05, 3.63) is 18.2 Å². The topological polar surface area (TPSA) is 66.5 Å². The van der Waals surface area contributed by atoms with Crippen LogP contribution in [0.5, 0.6) is 0 Å². The summed E-state index contributed by atoms with van der Waals surface area (Å²) in [5.41, 5.74) is 1.10. The van der Waals surface area contributed by atoms with Crippen LogP contribution in [0, 0.1) is 0 Å². The first-order valence-corrected chi connectivity index (χ1v) is 7.08. The lowest BCUT2D eigenvalue weighted by Crippen LogP contribution is -2.44. The van der Waals surface area contributed by atoms with Gasteiger partial charge >= 0.3 is 0 Å². The first-order valence-electron chi connectivity index (χ1n) is 5.19. The first kappa shape index (κ1) is 11.9. The summed E-state index contributed by atoms with van der Waals surface area (Å²) in [5.74, 6) is -0.198. The van der Waals surface area contributed by atoms with E-state index in [2.05, 4.69) is 5.32 Å². The summed E-state index contributed by atoms with van der Waals surface area (Å²) in [6, 6.07) is 4.66. The zero-order chi connectivity index (χ0) is 12.8. The average Bonchev–Trinajstić information content (AvgIpc) is 2.24. The second kappa shape index (κ2) is 3.73. The van der Waals surface area contributed by atoms with Gasteiger partial charge in [-0.2, -0.15) is 0 Å². The van der Waals surface area contributed by atoms with Crippen LogP contribution in [-0.2, 0) is 14.6 Å². The van der Waals surface area contributed by atoms with E-state index in [4.69, 9.17) is 0 Å². The largest absolute Gasteiger partial charge is 0.361 e. The second-order valence-electron chi connectivity index (χ2n) is 4.20. The molecule has 2 rings (SSSR count). The van der Waals surface area contributed by atoms with Crippen LogP contribution in [0.4, 0.5) is 11.4 Å². The number of nitrogens with one attached hydrogen (secondary N) is 1. The number of rotatable bonds is 1. The molecule has 0 saturated heterocycles. The second-order valence-corrected chi connectivity index (χ2v) is 6.18. The fourth-order valence-corrected chi connectivity index (χ4v) is 2.71. The molecule has 0 radical (unpaired) electrons. The number of nitrogens with zero attached hydrogens (tertiary/aromatic N) is 1. The van der Waals surface area contributed by atoms with Crippen molar-refractivity contribution in [2.45, 2.75) is 17.9 Å². The van der Waals surface area contributed by atoms with Crippen LogP contribution in [0.15, 0.2) is 23.1 Å². The highest BCUT2D eigenvalue weighted by atomic mass is 32.2. The van der Waals surface area contributed by atoms with Crippen molar-refractivity contribution < 1.29 is 13.2 Å². The maximum Gasteiger partial charge on any atom is 0.246 e. The smallest absolute Gasteiger partial charge is 0.246 e. The molecule has 1 amide bonds. The van der Waals surface area contributed by atoms with Crippen molar-refractivity contribution in [1.82, 2.24) is 0 Å². The molecule has 5 nitrogen and oxygen atoms in total. The first-order chi connectivity index (χ1) is 7.82.